The molecule has 1 aliphatic carbocycles. The quantitative estimate of drug-likeness (QED) is 0.186. The predicted octanol–water partition coefficient (Wildman–Crippen LogP) is 6.05. The minimum Gasteiger partial charge on any atom is -0.366 e. The lowest BCUT2D eigenvalue weighted by molar-refractivity contribution is -0.167. The second-order valence-electron chi connectivity index (χ2n) is 14.4. The van der Waals surface area contributed by atoms with Gasteiger partial charge < -0.3 is 30.0 Å². The van der Waals surface area contributed by atoms with Crippen LogP contribution >= 0.6 is 0 Å². The standard InChI is InChI=1S/C37H53N5O4/c1-2-37(45,46)16-9-7-8-12-31-33-38-26-32(39-33)28-13-14-29-27(24-28)15-21-42(35(29)44)20-11-6-4-3-5-10-19-41-22-17-36(18-23-41)25-30(36)34(43)40-31/h13-15,21,24,26,30-31,45-46H,2-12,16-20,22-23,25H2,1H3,(H,38,39)(H,40,43)/t30-,31+/m1/s1. The minimum atomic E-state index is -1.61. The maximum atomic E-state index is 13.7. The van der Waals surface area contributed by atoms with E-state index in [0.29, 0.717) is 19.3 Å². The van der Waals surface area contributed by atoms with Gasteiger partial charge in [-0.25, -0.2) is 4.98 Å². The van der Waals surface area contributed by atoms with Crippen molar-refractivity contribution < 1.29 is 15.0 Å². The van der Waals surface area contributed by atoms with E-state index in [2.05, 4.69) is 15.2 Å². The number of aromatic amines is 1. The van der Waals surface area contributed by atoms with E-state index in [0.717, 1.165) is 105 Å². The summed E-state index contributed by atoms with van der Waals surface area (Å²) >= 11 is 0. The molecule has 11 rings (SSSR count). The monoisotopic (exact) mass is 631 g/mol. The zero-order valence-electron chi connectivity index (χ0n) is 27.6. The number of imidazole rings is 1. The highest BCUT2D eigenvalue weighted by Gasteiger charge is 2.58. The van der Waals surface area contributed by atoms with E-state index in [1.165, 1.54) is 25.7 Å². The summed E-state index contributed by atoms with van der Waals surface area (Å²) in [7, 11) is 0. The van der Waals surface area contributed by atoms with Crippen LogP contribution in [0.4, 0.5) is 0 Å². The van der Waals surface area contributed by atoms with Crippen LogP contribution in [0.3, 0.4) is 0 Å². The zero-order chi connectivity index (χ0) is 32.1. The highest BCUT2D eigenvalue weighted by atomic mass is 16.5. The summed E-state index contributed by atoms with van der Waals surface area (Å²) in [5, 5.41) is 25.0. The van der Waals surface area contributed by atoms with Gasteiger partial charge in [0.2, 0.25) is 5.91 Å². The van der Waals surface area contributed by atoms with Crippen molar-refractivity contribution >= 4 is 16.7 Å². The van der Waals surface area contributed by atoms with Crippen LogP contribution in [0.1, 0.15) is 115 Å². The highest BCUT2D eigenvalue weighted by molar-refractivity contribution is 5.86. The van der Waals surface area contributed by atoms with Crippen molar-refractivity contribution in [1.29, 1.82) is 0 Å². The van der Waals surface area contributed by atoms with Crippen LogP contribution in [-0.4, -0.2) is 61.0 Å². The number of H-pyrrole nitrogens is 1. The second-order valence-corrected chi connectivity index (χ2v) is 14.4. The fourth-order valence-electron chi connectivity index (χ4n) is 7.77. The van der Waals surface area contributed by atoms with Crippen molar-refractivity contribution in [3.8, 4) is 11.3 Å². The molecule has 1 spiro atoms. The lowest BCUT2D eigenvalue weighted by Crippen LogP contribution is -2.38. The molecule has 1 saturated heterocycles. The Labute approximate surface area is 272 Å². The number of nitrogens with zero attached hydrogens (tertiary/aromatic N) is 3. The molecule has 9 nitrogen and oxygen atoms in total. The molecule has 8 bridgehead atoms. The molecule has 2 aromatic heterocycles. The number of amides is 1. The molecule has 1 saturated carbocycles. The number of carbonyl (C=O) groups is 1. The largest absolute Gasteiger partial charge is 0.366 e. The number of nitrogens with one attached hydrogen (secondary N) is 2. The Kier molecular flexibility index (Phi) is 10.3. The van der Waals surface area contributed by atoms with Gasteiger partial charge >= 0.3 is 0 Å². The van der Waals surface area contributed by atoms with Crippen LogP contribution in [0.25, 0.3) is 22.0 Å². The summed E-state index contributed by atoms with van der Waals surface area (Å²) in [4.78, 5) is 37.8. The fraction of sp³-hybridized carbons (Fsp3) is 0.649. The number of benzene rings is 1. The summed E-state index contributed by atoms with van der Waals surface area (Å²) in [6.07, 6.45) is 17.8. The maximum absolute atomic E-state index is 13.7. The number of aryl methyl sites for hydroxylation is 1. The third kappa shape index (κ3) is 7.75. The molecule has 3 aromatic rings. The topological polar surface area (TPSA) is 123 Å². The van der Waals surface area contributed by atoms with Crippen LogP contribution in [0.5, 0.6) is 0 Å². The summed E-state index contributed by atoms with van der Waals surface area (Å²) in [6, 6.07) is 7.71. The third-order valence-electron chi connectivity index (χ3n) is 11.1. The van der Waals surface area contributed by atoms with Crippen LogP contribution in [0.2, 0.25) is 0 Å². The Bertz CT molecular complexity index is 1540. The van der Waals surface area contributed by atoms with E-state index in [-0.39, 0.29) is 28.8 Å². The molecule has 4 N–H and O–H groups in total. The Morgan fingerprint density at radius 2 is 1.72 bits per heavy atom. The van der Waals surface area contributed by atoms with Crippen molar-refractivity contribution in [2.24, 2.45) is 11.3 Å². The number of hydrogen-bond acceptors (Lipinski definition) is 6. The zero-order valence-corrected chi connectivity index (χ0v) is 27.6. The first-order valence-electron chi connectivity index (χ1n) is 17.9. The summed E-state index contributed by atoms with van der Waals surface area (Å²) in [6.45, 7) is 5.85. The lowest BCUT2D eigenvalue weighted by Gasteiger charge is -2.33. The van der Waals surface area contributed by atoms with Gasteiger partial charge in [-0.1, -0.05) is 51.5 Å². The average molecular weight is 632 g/mol. The van der Waals surface area contributed by atoms with Crippen LogP contribution in [0, 0.1) is 11.3 Å². The van der Waals surface area contributed by atoms with E-state index in [1.54, 1.807) is 6.92 Å². The molecule has 250 valence electrons. The number of hydrogen-bond donors (Lipinski definition) is 4. The molecule has 0 radical (unpaired) electrons. The number of rotatable bonds is 7. The van der Waals surface area contributed by atoms with E-state index in [9.17, 15) is 19.8 Å². The van der Waals surface area contributed by atoms with Gasteiger partial charge in [0, 0.05) is 36.0 Å². The molecule has 9 heterocycles. The average Bonchev–Trinajstić information content (AvgIpc) is 3.52. The Morgan fingerprint density at radius 3 is 2.50 bits per heavy atom. The van der Waals surface area contributed by atoms with Crippen molar-refractivity contribution in [2.75, 3.05) is 19.6 Å². The predicted molar refractivity (Wildman–Crippen MR) is 181 cm³/mol. The Morgan fingerprint density at radius 1 is 0.957 bits per heavy atom. The minimum absolute atomic E-state index is 0.0583. The molecule has 2 atom stereocenters. The molecule has 1 amide bonds. The van der Waals surface area contributed by atoms with Crippen LogP contribution in [0.15, 0.2) is 41.5 Å². The van der Waals surface area contributed by atoms with Crippen LogP contribution in [-0.2, 0) is 11.3 Å². The molecule has 1 aromatic carbocycles. The Balaban J connectivity index is 1.21. The first-order chi connectivity index (χ1) is 22.3. The summed E-state index contributed by atoms with van der Waals surface area (Å²) < 4.78 is 1.85. The summed E-state index contributed by atoms with van der Waals surface area (Å²) in [5.74, 6) is -0.665. The number of aliphatic hydroxyl groups is 2. The highest BCUT2D eigenvalue weighted by Crippen LogP contribution is 2.59. The van der Waals surface area contributed by atoms with Crippen molar-refractivity contribution in [3.05, 3.63) is 52.8 Å². The first kappa shape index (κ1) is 32.9. The van der Waals surface area contributed by atoms with Crippen molar-refractivity contribution in [3.63, 3.8) is 0 Å². The number of piperidine rings is 1. The van der Waals surface area contributed by atoms with Gasteiger partial charge in [0.15, 0.2) is 5.79 Å². The first-order valence-corrected chi connectivity index (χ1v) is 17.9. The maximum Gasteiger partial charge on any atom is 0.258 e. The van der Waals surface area contributed by atoms with Gasteiger partial charge in [-0.15, -0.1) is 0 Å². The SMILES string of the molecule is CCC(O)(O)CCCCC[C@@H]1NC(=O)[C@H]2CC23CCN(CCCCCCCCn2ccc4cc(ccc4c2=O)-c2cnc1[nH]2)CC3. The van der Waals surface area contributed by atoms with E-state index in [4.69, 9.17) is 4.98 Å². The number of aromatic nitrogens is 3. The van der Waals surface area contributed by atoms with Crippen molar-refractivity contribution in [1.82, 2.24) is 24.8 Å². The van der Waals surface area contributed by atoms with E-state index >= 15 is 0 Å². The molecular formula is C37H53N5O4. The molecule has 7 aliphatic heterocycles. The van der Waals surface area contributed by atoms with Gasteiger partial charge in [0.25, 0.3) is 5.56 Å². The fourth-order valence-corrected chi connectivity index (χ4v) is 7.77. The number of unbranched alkanes of at least 4 members (excludes halogenated alkanes) is 2. The van der Waals surface area contributed by atoms with E-state index < -0.39 is 5.79 Å². The Hall–Kier alpha value is -3.01. The molecular weight excluding hydrogens is 578 g/mol. The van der Waals surface area contributed by atoms with Gasteiger partial charge in [0.1, 0.15) is 5.82 Å². The number of pyridine rings is 1. The molecule has 8 aliphatic rings. The molecule has 46 heavy (non-hydrogen) atoms. The molecule has 9 heteroatoms. The second kappa shape index (κ2) is 14.4. The number of carbonyl (C=O) groups excluding carboxylic acids is 1. The summed E-state index contributed by atoms with van der Waals surface area (Å²) in [5.41, 5.74) is 2.02. The van der Waals surface area contributed by atoms with Gasteiger partial charge in [0.05, 0.1) is 17.9 Å². The smallest absolute Gasteiger partial charge is 0.258 e. The van der Waals surface area contributed by atoms with Gasteiger partial charge in [-0.3, -0.25) is 9.59 Å². The third-order valence-corrected chi connectivity index (χ3v) is 11.1. The molecule has 2 fully saturated rings. The van der Waals surface area contributed by atoms with Crippen LogP contribution < -0.4 is 10.9 Å². The lowest BCUT2D eigenvalue weighted by atomic mass is 9.90. The van der Waals surface area contributed by atoms with Gasteiger partial charge in [-0.05, 0) is 100 Å². The van der Waals surface area contributed by atoms with Crippen molar-refractivity contribution in [2.45, 2.75) is 122 Å². The molecule has 0 unspecified atom stereocenters. The normalized spacial score (nSPS) is 26.2. The van der Waals surface area contributed by atoms with E-state index in [1.807, 2.05) is 41.2 Å². The van der Waals surface area contributed by atoms with Gasteiger partial charge in [-0.2, -0.15) is 0 Å².